The number of amides is 1. The Morgan fingerprint density at radius 3 is 2.29 bits per heavy atom. The van der Waals surface area contributed by atoms with Gasteiger partial charge in [0, 0.05) is 42.8 Å². The fourth-order valence-electron chi connectivity index (χ4n) is 6.89. The predicted octanol–water partition coefficient (Wildman–Crippen LogP) is 8.20. The van der Waals surface area contributed by atoms with Gasteiger partial charge in [-0.3, -0.25) is 9.59 Å². The number of benzene rings is 3. The van der Waals surface area contributed by atoms with E-state index in [0.29, 0.717) is 29.6 Å². The molecule has 1 amide bonds. The molecule has 0 saturated carbocycles. The summed E-state index contributed by atoms with van der Waals surface area (Å²) in [4.78, 5) is 31.7. The summed E-state index contributed by atoms with van der Waals surface area (Å²) in [5.74, 6) is -1.88. The van der Waals surface area contributed by atoms with E-state index >= 15 is 0 Å². The largest absolute Gasteiger partial charge is 0.416 e. The number of fused-ring (bicyclic) bond motifs is 1. The van der Waals surface area contributed by atoms with E-state index in [1.54, 1.807) is 12.1 Å². The van der Waals surface area contributed by atoms with E-state index < -0.39 is 23.4 Å². The van der Waals surface area contributed by atoms with Crippen LogP contribution in [0.1, 0.15) is 67.8 Å². The minimum Gasteiger partial charge on any atom is -0.338 e. The van der Waals surface area contributed by atoms with Crippen molar-refractivity contribution in [3.05, 3.63) is 117 Å². The van der Waals surface area contributed by atoms with Gasteiger partial charge in [0.2, 0.25) is 5.91 Å². The number of aryl methyl sites for hydroxylation is 3. The maximum absolute atomic E-state index is 14.5. The lowest BCUT2D eigenvalue weighted by molar-refractivity contribution is -0.137. The van der Waals surface area contributed by atoms with Gasteiger partial charge in [0.25, 0.3) is 0 Å². The number of unbranched alkanes of at least 4 members (excludes halogenated alkanes) is 3. The fourth-order valence-corrected chi connectivity index (χ4v) is 6.89. The highest BCUT2D eigenvalue weighted by atomic mass is 19.4. The molecule has 4 aromatic rings. The summed E-state index contributed by atoms with van der Waals surface area (Å²) in [6, 6.07) is 18.1. The van der Waals surface area contributed by atoms with Crippen molar-refractivity contribution in [2.24, 2.45) is 0 Å². The third kappa shape index (κ3) is 9.35. The summed E-state index contributed by atoms with van der Waals surface area (Å²) in [6.07, 6.45) is 1.90. The summed E-state index contributed by atoms with van der Waals surface area (Å²) in [5, 5.41) is 0.492. The van der Waals surface area contributed by atoms with E-state index in [-0.39, 0.29) is 42.3 Å². The molecule has 0 bridgehead atoms. The van der Waals surface area contributed by atoms with E-state index in [2.05, 4.69) is 11.8 Å². The van der Waals surface area contributed by atoms with Gasteiger partial charge in [0.05, 0.1) is 11.1 Å². The van der Waals surface area contributed by atoms with Crippen LogP contribution in [0.5, 0.6) is 0 Å². The standard InChI is InChI=1S/C39H44F5N3O2/c1-2-45-24-21-31(22-25-45)46(23-8-4-3-5-10-28-15-18-30(19-16-28)39(42,43)44)37(49)27-47-32(20-17-29-11-9-13-34(40)38(29)41)26-36(48)33-12-6-7-14-35(33)47/h6-7,9,11-16,18-19,26,31H,2-5,8,10,17,20-25,27H2,1H3. The number of halogens is 5. The first-order chi connectivity index (χ1) is 23.5. The number of alkyl halides is 3. The summed E-state index contributed by atoms with van der Waals surface area (Å²) < 4.78 is 68.9. The molecule has 1 aliphatic heterocycles. The van der Waals surface area contributed by atoms with Crippen molar-refractivity contribution in [2.75, 3.05) is 26.2 Å². The zero-order valence-electron chi connectivity index (χ0n) is 28.0. The van der Waals surface area contributed by atoms with Crippen LogP contribution in [-0.2, 0) is 36.8 Å². The van der Waals surface area contributed by atoms with Crippen LogP contribution < -0.4 is 5.43 Å². The molecule has 0 radical (unpaired) electrons. The number of para-hydroxylation sites is 1. The van der Waals surface area contributed by atoms with Gasteiger partial charge in [-0.2, -0.15) is 13.2 Å². The first-order valence-electron chi connectivity index (χ1n) is 17.3. The van der Waals surface area contributed by atoms with E-state index in [9.17, 15) is 31.5 Å². The number of hydrogen-bond donors (Lipinski definition) is 0. The molecule has 0 aliphatic carbocycles. The number of carbonyl (C=O) groups excluding carboxylic acids is 1. The number of piperidine rings is 1. The number of rotatable bonds is 14. The average molecular weight is 682 g/mol. The zero-order valence-corrected chi connectivity index (χ0v) is 28.0. The molecule has 49 heavy (non-hydrogen) atoms. The highest BCUT2D eigenvalue weighted by Crippen LogP contribution is 2.29. The molecule has 5 nitrogen and oxygen atoms in total. The van der Waals surface area contributed by atoms with Crippen LogP contribution >= 0.6 is 0 Å². The van der Waals surface area contributed by atoms with Crippen LogP contribution in [0.25, 0.3) is 10.9 Å². The van der Waals surface area contributed by atoms with Crippen molar-refractivity contribution in [2.45, 2.75) is 83.5 Å². The second kappa shape index (κ2) is 16.6. The Hall–Kier alpha value is -4.05. The molecule has 1 fully saturated rings. The summed E-state index contributed by atoms with van der Waals surface area (Å²) in [5.41, 5.74) is 1.47. The van der Waals surface area contributed by atoms with Gasteiger partial charge >= 0.3 is 6.18 Å². The molecule has 10 heteroatoms. The predicted molar refractivity (Wildman–Crippen MR) is 182 cm³/mol. The molecule has 0 atom stereocenters. The maximum atomic E-state index is 14.5. The highest BCUT2D eigenvalue weighted by Gasteiger charge is 2.30. The Labute approximate surface area is 284 Å². The molecule has 262 valence electrons. The van der Waals surface area contributed by atoms with Crippen molar-refractivity contribution in [1.29, 1.82) is 0 Å². The van der Waals surface area contributed by atoms with Gasteiger partial charge < -0.3 is 14.4 Å². The quantitative estimate of drug-likeness (QED) is 0.0996. The number of carbonyl (C=O) groups is 1. The topological polar surface area (TPSA) is 45.5 Å². The lowest BCUT2D eigenvalue weighted by Crippen LogP contribution is -2.48. The summed E-state index contributed by atoms with van der Waals surface area (Å²) in [7, 11) is 0. The Morgan fingerprint density at radius 1 is 0.857 bits per heavy atom. The van der Waals surface area contributed by atoms with E-state index in [1.165, 1.54) is 30.3 Å². The SMILES string of the molecule is CCN1CCC(N(CCCCCCc2ccc(C(F)(F)F)cc2)C(=O)Cn2c(CCc3cccc(F)c3F)cc(=O)c3ccccc32)CC1. The van der Waals surface area contributed by atoms with Crippen LogP contribution in [0.15, 0.2) is 77.6 Å². The second-order valence-corrected chi connectivity index (χ2v) is 12.9. The normalized spacial score (nSPS) is 14.4. The van der Waals surface area contributed by atoms with Crippen LogP contribution in [0.3, 0.4) is 0 Å². The van der Waals surface area contributed by atoms with E-state index in [0.717, 1.165) is 81.9 Å². The molecule has 1 aliphatic rings. The minimum absolute atomic E-state index is 0.0175. The van der Waals surface area contributed by atoms with Crippen molar-refractivity contribution in [3.63, 3.8) is 0 Å². The Balaban J connectivity index is 1.28. The van der Waals surface area contributed by atoms with Gasteiger partial charge in [0.15, 0.2) is 17.1 Å². The Kier molecular flexibility index (Phi) is 12.3. The third-order valence-corrected chi connectivity index (χ3v) is 9.74. The zero-order chi connectivity index (χ0) is 35.0. The molecular weight excluding hydrogens is 637 g/mol. The van der Waals surface area contributed by atoms with Crippen molar-refractivity contribution in [1.82, 2.24) is 14.4 Å². The van der Waals surface area contributed by atoms with Gasteiger partial charge in [-0.05, 0) is 92.9 Å². The fraction of sp³-hybridized carbons (Fsp3) is 0.436. The maximum Gasteiger partial charge on any atom is 0.416 e. The van der Waals surface area contributed by atoms with Crippen molar-refractivity contribution < 1.29 is 26.7 Å². The van der Waals surface area contributed by atoms with Gasteiger partial charge in [0.1, 0.15) is 6.54 Å². The van der Waals surface area contributed by atoms with Crippen molar-refractivity contribution >= 4 is 16.8 Å². The van der Waals surface area contributed by atoms with Crippen LogP contribution in [0.2, 0.25) is 0 Å². The monoisotopic (exact) mass is 681 g/mol. The number of likely N-dealkylation sites (tertiary alicyclic amines) is 1. The molecule has 0 unspecified atom stereocenters. The first-order valence-corrected chi connectivity index (χ1v) is 17.3. The average Bonchev–Trinajstić information content (AvgIpc) is 3.10. The Morgan fingerprint density at radius 2 is 1.57 bits per heavy atom. The van der Waals surface area contributed by atoms with Crippen LogP contribution in [0.4, 0.5) is 22.0 Å². The molecule has 0 N–H and O–H groups in total. The number of hydrogen-bond acceptors (Lipinski definition) is 3. The molecule has 3 aromatic carbocycles. The lowest BCUT2D eigenvalue weighted by Gasteiger charge is -2.38. The van der Waals surface area contributed by atoms with E-state index in [1.807, 2.05) is 21.6 Å². The summed E-state index contributed by atoms with van der Waals surface area (Å²) >= 11 is 0. The van der Waals surface area contributed by atoms with Gasteiger partial charge in [-0.25, -0.2) is 8.78 Å². The molecule has 1 saturated heterocycles. The lowest BCUT2D eigenvalue weighted by atomic mass is 10.0. The Bertz CT molecular complexity index is 1760. The smallest absolute Gasteiger partial charge is 0.338 e. The number of nitrogens with zero attached hydrogens (tertiary/aromatic N) is 3. The summed E-state index contributed by atoms with van der Waals surface area (Å²) in [6.45, 7) is 5.50. The third-order valence-electron chi connectivity index (χ3n) is 9.74. The highest BCUT2D eigenvalue weighted by molar-refractivity contribution is 5.83. The van der Waals surface area contributed by atoms with Crippen LogP contribution in [0, 0.1) is 11.6 Å². The molecule has 2 heterocycles. The number of pyridine rings is 1. The molecular formula is C39H44F5N3O2. The molecule has 1 aromatic heterocycles. The molecule has 0 spiro atoms. The van der Waals surface area contributed by atoms with Crippen molar-refractivity contribution in [3.8, 4) is 0 Å². The first kappa shape index (κ1) is 36.2. The second-order valence-electron chi connectivity index (χ2n) is 12.9. The van der Waals surface area contributed by atoms with Crippen LogP contribution in [-0.4, -0.2) is 52.5 Å². The minimum atomic E-state index is -4.34. The van der Waals surface area contributed by atoms with Gasteiger partial charge in [-0.15, -0.1) is 0 Å². The number of aromatic nitrogens is 1. The molecule has 5 rings (SSSR count). The van der Waals surface area contributed by atoms with E-state index in [4.69, 9.17) is 0 Å². The van der Waals surface area contributed by atoms with Gasteiger partial charge in [-0.1, -0.05) is 56.2 Å².